The van der Waals surface area contributed by atoms with Gasteiger partial charge in [-0.2, -0.15) is 0 Å². The quantitative estimate of drug-likeness (QED) is 0.884. The van der Waals surface area contributed by atoms with Gasteiger partial charge in [0, 0.05) is 31.6 Å². The second-order valence-electron chi connectivity index (χ2n) is 6.50. The fourth-order valence-electron chi connectivity index (χ4n) is 3.07. The van der Waals surface area contributed by atoms with Crippen molar-refractivity contribution in [3.05, 3.63) is 11.9 Å². The third-order valence-electron chi connectivity index (χ3n) is 4.65. The Balaban J connectivity index is 1.51. The molecule has 2 aliphatic rings. The molecule has 116 valence electrons. The Hall–Kier alpha value is -1.43. The molecule has 0 saturated heterocycles. The first-order valence-corrected chi connectivity index (χ1v) is 7.95. The maximum absolute atomic E-state index is 12.2. The molecule has 2 fully saturated rings. The van der Waals surface area contributed by atoms with E-state index in [2.05, 4.69) is 10.3 Å². The number of likely N-dealkylation sites (N-methyl/N-ethyl adjacent to an activating group) is 1. The Morgan fingerprint density at radius 3 is 2.86 bits per heavy atom. The lowest BCUT2D eigenvalue weighted by Crippen LogP contribution is -2.39. The highest BCUT2D eigenvalue weighted by molar-refractivity contribution is 5.75. The van der Waals surface area contributed by atoms with Gasteiger partial charge in [-0.05, 0) is 25.7 Å². The fourth-order valence-corrected chi connectivity index (χ4v) is 3.07. The van der Waals surface area contributed by atoms with Crippen LogP contribution in [0.4, 0.5) is 0 Å². The SMILES string of the molecule is CN(CC1CCCCC1O)C(=O)Cn1cc(C2CC2)nn1. The van der Waals surface area contributed by atoms with Crippen LogP contribution in [0, 0.1) is 5.92 Å². The van der Waals surface area contributed by atoms with Crippen molar-refractivity contribution in [1.29, 1.82) is 0 Å². The van der Waals surface area contributed by atoms with Crippen molar-refractivity contribution in [3.8, 4) is 0 Å². The summed E-state index contributed by atoms with van der Waals surface area (Å²) in [7, 11) is 1.81. The van der Waals surface area contributed by atoms with Crippen molar-refractivity contribution in [2.75, 3.05) is 13.6 Å². The van der Waals surface area contributed by atoms with Crippen molar-refractivity contribution >= 4 is 5.91 Å². The average molecular weight is 292 g/mol. The van der Waals surface area contributed by atoms with E-state index < -0.39 is 0 Å². The van der Waals surface area contributed by atoms with Crippen LogP contribution in [0.3, 0.4) is 0 Å². The molecule has 2 unspecified atom stereocenters. The van der Waals surface area contributed by atoms with Gasteiger partial charge in [-0.25, -0.2) is 4.68 Å². The average Bonchev–Trinajstić information content (AvgIpc) is 3.22. The summed E-state index contributed by atoms with van der Waals surface area (Å²) >= 11 is 0. The Bertz CT molecular complexity index is 498. The summed E-state index contributed by atoms with van der Waals surface area (Å²) in [6.45, 7) is 0.864. The van der Waals surface area contributed by atoms with Gasteiger partial charge in [0.15, 0.2) is 0 Å². The van der Waals surface area contributed by atoms with Gasteiger partial charge in [-0.15, -0.1) is 5.10 Å². The normalized spacial score (nSPS) is 25.8. The highest BCUT2D eigenvalue weighted by Crippen LogP contribution is 2.38. The zero-order valence-corrected chi connectivity index (χ0v) is 12.6. The third-order valence-corrected chi connectivity index (χ3v) is 4.65. The number of carbonyl (C=O) groups is 1. The molecule has 1 N–H and O–H groups in total. The molecule has 0 bridgehead atoms. The number of amides is 1. The van der Waals surface area contributed by atoms with Gasteiger partial charge < -0.3 is 10.0 Å². The predicted octanol–water partition coefficient (Wildman–Crippen LogP) is 1.16. The number of hydrogen-bond acceptors (Lipinski definition) is 4. The molecule has 0 aromatic carbocycles. The summed E-state index contributed by atoms with van der Waals surface area (Å²) in [5.41, 5.74) is 1.01. The second kappa shape index (κ2) is 6.13. The largest absolute Gasteiger partial charge is 0.393 e. The number of rotatable bonds is 5. The highest BCUT2D eigenvalue weighted by Gasteiger charge is 2.28. The van der Waals surface area contributed by atoms with Crippen LogP contribution in [0.15, 0.2) is 6.20 Å². The van der Waals surface area contributed by atoms with Crippen LogP contribution in [0.2, 0.25) is 0 Å². The number of hydrogen-bond donors (Lipinski definition) is 1. The van der Waals surface area contributed by atoms with Crippen LogP contribution in [0.5, 0.6) is 0 Å². The molecule has 6 nitrogen and oxygen atoms in total. The predicted molar refractivity (Wildman–Crippen MR) is 77.6 cm³/mol. The molecule has 0 aliphatic heterocycles. The van der Waals surface area contributed by atoms with E-state index >= 15 is 0 Å². The van der Waals surface area contributed by atoms with E-state index in [1.165, 1.54) is 12.8 Å². The zero-order valence-electron chi connectivity index (χ0n) is 12.6. The lowest BCUT2D eigenvalue weighted by molar-refractivity contribution is -0.132. The second-order valence-corrected chi connectivity index (χ2v) is 6.50. The van der Waals surface area contributed by atoms with Crippen LogP contribution >= 0.6 is 0 Å². The molecular weight excluding hydrogens is 268 g/mol. The monoisotopic (exact) mass is 292 g/mol. The minimum Gasteiger partial charge on any atom is -0.393 e. The van der Waals surface area contributed by atoms with Gasteiger partial charge in [0.25, 0.3) is 0 Å². The van der Waals surface area contributed by atoms with Crippen molar-refractivity contribution in [2.45, 2.75) is 57.1 Å². The number of aliphatic hydroxyl groups excluding tert-OH is 1. The Kier molecular flexibility index (Phi) is 4.24. The van der Waals surface area contributed by atoms with Gasteiger partial charge in [0.2, 0.25) is 5.91 Å². The maximum Gasteiger partial charge on any atom is 0.244 e. The van der Waals surface area contributed by atoms with Crippen LogP contribution in [-0.2, 0) is 11.3 Å². The molecule has 1 aromatic rings. The van der Waals surface area contributed by atoms with Crippen molar-refractivity contribution in [3.63, 3.8) is 0 Å². The lowest BCUT2D eigenvalue weighted by Gasteiger charge is -2.31. The Morgan fingerprint density at radius 1 is 1.38 bits per heavy atom. The molecule has 1 aromatic heterocycles. The summed E-state index contributed by atoms with van der Waals surface area (Å²) in [6.07, 6.45) is 8.11. The summed E-state index contributed by atoms with van der Waals surface area (Å²) < 4.78 is 1.63. The number of aliphatic hydroxyl groups is 1. The molecule has 0 radical (unpaired) electrons. The third kappa shape index (κ3) is 3.61. The van der Waals surface area contributed by atoms with E-state index in [1.807, 2.05) is 13.2 Å². The van der Waals surface area contributed by atoms with Gasteiger partial charge in [0.05, 0.1) is 11.8 Å². The molecule has 2 saturated carbocycles. The topological polar surface area (TPSA) is 71.2 Å². The summed E-state index contributed by atoms with van der Waals surface area (Å²) in [6, 6.07) is 0. The maximum atomic E-state index is 12.2. The van der Waals surface area contributed by atoms with Gasteiger partial charge in [-0.1, -0.05) is 18.1 Å². The summed E-state index contributed by atoms with van der Waals surface area (Å²) in [5.74, 6) is 0.800. The number of nitrogens with zero attached hydrogens (tertiary/aromatic N) is 4. The summed E-state index contributed by atoms with van der Waals surface area (Å²) in [5, 5.41) is 18.1. The number of carbonyl (C=O) groups excluding carboxylic acids is 1. The van der Waals surface area contributed by atoms with E-state index in [1.54, 1.807) is 9.58 Å². The van der Waals surface area contributed by atoms with E-state index in [4.69, 9.17) is 0 Å². The minimum atomic E-state index is -0.262. The summed E-state index contributed by atoms with van der Waals surface area (Å²) in [4.78, 5) is 14.0. The molecule has 0 spiro atoms. The first-order chi connectivity index (χ1) is 10.1. The van der Waals surface area contributed by atoms with E-state index in [0.29, 0.717) is 12.5 Å². The molecular formula is C15H24N4O2. The Morgan fingerprint density at radius 2 is 2.14 bits per heavy atom. The smallest absolute Gasteiger partial charge is 0.244 e. The molecule has 2 aliphatic carbocycles. The molecule has 6 heteroatoms. The molecule has 1 amide bonds. The van der Waals surface area contributed by atoms with E-state index in [0.717, 1.165) is 31.4 Å². The standard InChI is InChI=1S/C15H24N4O2/c1-18(8-12-4-2-3-5-14(12)20)15(21)10-19-9-13(16-17-19)11-6-7-11/h9,11-12,14,20H,2-8,10H2,1H3. The van der Waals surface area contributed by atoms with E-state index in [9.17, 15) is 9.90 Å². The minimum absolute atomic E-state index is 0.0278. The van der Waals surface area contributed by atoms with Gasteiger partial charge in [0.1, 0.15) is 6.54 Å². The Labute approximate surface area is 125 Å². The van der Waals surface area contributed by atoms with Gasteiger partial charge >= 0.3 is 0 Å². The molecule has 2 atom stereocenters. The molecule has 1 heterocycles. The van der Waals surface area contributed by atoms with Crippen LogP contribution in [0.1, 0.15) is 50.1 Å². The fraction of sp³-hybridized carbons (Fsp3) is 0.800. The zero-order chi connectivity index (χ0) is 14.8. The van der Waals surface area contributed by atoms with Crippen molar-refractivity contribution in [1.82, 2.24) is 19.9 Å². The van der Waals surface area contributed by atoms with Gasteiger partial charge in [-0.3, -0.25) is 4.79 Å². The van der Waals surface area contributed by atoms with Crippen LogP contribution < -0.4 is 0 Å². The van der Waals surface area contributed by atoms with E-state index in [-0.39, 0.29) is 24.5 Å². The highest BCUT2D eigenvalue weighted by atomic mass is 16.3. The molecule has 21 heavy (non-hydrogen) atoms. The molecule has 3 rings (SSSR count). The first kappa shape index (κ1) is 14.5. The first-order valence-electron chi connectivity index (χ1n) is 7.95. The van der Waals surface area contributed by atoms with Crippen molar-refractivity contribution in [2.24, 2.45) is 5.92 Å². The lowest BCUT2D eigenvalue weighted by atomic mass is 9.86. The van der Waals surface area contributed by atoms with Crippen LogP contribution in [0.25, 0.3) is 0 Å². The van der Waals surface area contributed by atoms with Crippen molar-refractivity contribution < 1.29 is 9.90 Å². The van der Waals surface area contributed by atoms with Crippen LogP contribution in [-0.4, -0.2) is 50.6 Å². The number of aromatic nitrogens is 3.